The lowest BCUT2D eigenvalue weighted by Gasteiger charge is -2.48. The molecular formula is C13H27N3S. The van der Waals surface area contributed by atoms with E-state index in [0.717, 1.165) is 6.54 Å². The van der Waals surface area contributed by atoms with E-state index in [1.54, 1.807) is 0 Å². The lowest BCUT2D eigenvalue weighted by molar-refractivity contribution is 0.0336. The lowest BCUT2D eigenvalue weighted by Crippen LogP contribution is -2.59. The second kappa shape index (κ2) is 6.41. The van der Waals surface area contributed by atoms with Crippen LogP contribution in [0.4, 0.5) is 0 Å². The van der Waals surface area contributed by atoms with E-state index in [4.69, 9.17) is 5.73 Å². The van der Waals surface area contributed by atoms with Crippen LogP contribution in [0.25, 0.3) is 0 Å². The molecule has 0 aromatic heterocycles. The molecule has 2 N–H and O–H groups in total. The summed E-state index contributed by atoms with van der Waals surface area (Å²) in [6.07, 6.45) is 3.87. The van der Waals surface area contributed by atoms with Gasteiger partial charge in [0.1, 0.15) is 0 Å². The molecular weight excluding hydrogens is 230 g/mol. The number of nitrogens with zero attached hydrogens (tertiary/aromatic N) is 2. The van der Waals surface area contributed by atoms with Crippen molar-refractivity contribution in [2.24, 2.45) is 5.73 Å². The number of likely N-dealkylation sites (tertiary alicyclic amines) is 1. The van der Waals surface area contributed by atoms with E-state index < -0.39 is 0 Å². The summed E-state index contributed by atoms with van der Waals surface area (Å²) in [5, 5.41) is 0. The number of rotatable bonds is 3. The van der Waals surface area contributed by atoms with Crippen LogP contribution < -0.4 is 5.73 Å². The summed E-state index contributed by atoms with van der Waals surface area (Å²) in [5.74, 6) is 2.62. The predicted molar refractivity (Wildman–Crippen MR) is 76.6 cm³/mol. The topological polar surface area (TPSA) is 32.5 Å². The molecule has 4 heteroatoms. The monoisotopic (exact) mass is 257 g/mol. The Morgan fingerprint density at radius 2 is 1.88 bits per heavy atom. The Bertz CT molecular complexity index is 219. The fourth-order valence-corrected chi connectivity index (χ4v) is 4.04. The van der Waals surface area contributed by atoms with Crippen LogP contribution in [-0.4, -0.2) is 66.1 Å². The van der Waals surface area contributed by atoms with Crippen LogP contribution in [0.5, 0.6) is 0 Å². The van der Waals surface area contributed by atoms with Gasteiger partial charge in [-0.15, -0.1) is 0 Å². The highest BCUT2D eigenvalue weighted by atomic mass is 32.2. The van der Waals surface area contributed by atoms with Gasteiger partial charge in [-0.05, 0) is 51.2 Å². The van der Waals surface area contributed by atoms with Gasteiger partial charge in [-0.1, -0.05) is 6.92 Å². The standard InChI is InChI=1S/C13H27N3S/c1-2-15-7-4-13(12-14,5-8-15)16-6-3-10-17-11-9-16/h2-12,14H2,1H3. The third-order valence-corrected chi connectivity index (χ3v) is 5.56. The molecule has 2 saturated heterocycles. The van der Waals surface area contributed by atoms with Crippen molar-refractivity contribution in [3.8, 4) is 0 Å². The molecule has 3 nitrogen and oxygen atoms in total. The van der Waals surface area contributed by atoms with Gasteiger partial charge in [-0.2, -0.15) is 11.8 Å². The van der Waals surface area contributed by atoms with E-state index in [1.165, 1.54) is 63.5 Å². The number of piperidine rings is 1. The fraction of sp³-hybridized carbons (Fsp3) is 1.00. The Hall–Kier alpha value is 0.230. The highest BCUT2D eigenvalue weighted by molar-refractivity contribution is 7.99. The molecule has 0 radical (unpaired) electrons. The molecule has 100 valence electrons. The lowest BCUT2D eigenvalue weighted by atomic mass is 9.85. The molecule has 0 atom stereocenters. The summed E-state index contributed by atoms with van der Waals surface area (Å²) in [4.78, 5) is 5.26. The van der Waals surface area contributed by atoms with Crippen molar-refractivity contribution >= 4 is 11.8 Å². The van der Waals surface area contributed by atoms with Crippen LogP contribution in [0.15, 0.2) is 0 Å². The maximum absolute atomic E-state index is 6.14. The van der Waals surface area contributed by atoms with Crippen LogP contribution in [0.2, 0.25) is 0 Å². The van der Waals surface area contributed by atoms with Gasteiger partial charge in [0, 0.05) is 24.4 Å². The van der Waals surface area contributed by atoms with Gasteiger partial charge in [0.25, 0.3) is 0 Å². The van der Waals surface area contributed by atoms with Gasteiger partial charge >= 0.3 is 0 Å². The largest absolute Gasteiger partial charge is 0.329 e. The molecule has 0 saturated carbocycles. The first-order valence-electron chi connectivity index (χ1n) is 7.06. The third-order valence-electron chi connectivity index (χ3n) is 4.51. The van der Waals surface area contributed by atoms with E-state index >= 15 is 0 Å². The van der Waals surface area contributed by atoms with Crippen LogP contribution in [0.1, 0.15) is 26.2 Å². The second-order valence-corrected chi connectivity index (χ2v) is 6.54. The molecule has 2 aliphatic heterocycles. The van der Waals surface area contributed by atoms with E-state index in [2.05, 4.69) is 28.5 Å². The normalized spacial score (nSPS) is 27.9. The summed E-state index contributed by atoms with van der Waals surface area (Å²) in [7, 11) is 0. The first-order valence-corrected chi connectivity index (χ1v) is 8.21. The number of hydrogen-bond acceptors (Lipinski definition) is 4. The Balaban J connectivity index is 1.98. The molecule has 2 heterocycles. The molecule has 0 aromatic carbocycles. The Morgan fingerprint density at radius 3 is 2.53 bits per heavy atom. The van der Waals surface area contributed by atoms with Crippen molar-refractivity contribution in [2.45, 2.75) is 31.7 Å². The smallest absolute Gasteiger partial charge is 0.0356 e. The molecule has 0 spiro atoms. The first-order chi connectivity index (χ1) is 8.30. The van der Waals surface area contributed by atoms with Gasteiger partial charge in [-0.25, -0.2) is 0 Å². The van der Waals surface area contributed by atoms with Crippen molar-refractivity contribution in [1.82, 2.24) is 9.80 Å². The summed E-state index contributed by atoms with van der Waals surface area (Å²) in [5.41, 5.74) is 6.46. The summed E-state index contributed by atoms with van der Waals surface area (Å²) >= 11 is 2.10. The third kappa shape index (κ3) is 3.16. The Labute approximate surface area is 110 Å². The fourth-order valence-electron chi connectivity index (χ4n) is 3.16. The van der Waals surface area contributed by atoms with Gasteiger partial charge in [0.2, 0.25) is 0 Å². The molecule has 2 fully saturated rings. The summed E-state index contributed by atoms with van der Waals surface area (Å²) in [6.45, 7) is 9.27. The highest BCUT2D eigenvalue weighted by Crippen LogP contribution is 2.29. The maximum atomic E-state index is 6.14. The van der Waals surface area contributed by atoms with Crippen LogP contribution in [0, 0.1) is 0 Å². The molecule has 2 rings (SSSR count). The van der Waals surface area contributed by atoms with Gasteiger partial charge in [-0.3, -0.25) is 4.90 Å². The van der Waals surface area contributed by atoms with Gasteiger partial charge in [0.15, 0.2) is 0 Å². The molecule has 2 aliphatic rings. The zero-order chi connectivity index (χ0) is 12.1. The van der Waals surface area contributed by atoms with E-state index in [-0.39, 0.29) is 0 Å². The first kappa shape index (κ1) is 13.7. The summed E-state index contributed by atoms with van der Waals surface area (Å²) < 4.78 is 0. The van der Waals surface area contributed by atoms with E-state index in [9.17, 15) is 0 Å². The molecule has 17 heavy (non-hydrogen) atoms. The van der Waals surface area contributed by atoms with Crippen molar-refractivity contribution in [3.63, 3.8) is 0 Å². The molecule has 0 amide bonds. The molecule has 0 unspecified atom stereocenters. The SMILES string of the molecule is CCN1CCC(CN)(N2CCCSCC2)CC1. The number of hydrogen-bond donors (Lipinski definition) is 1. The van der Waals surface area contributed by atoms with Crippen molar-refractivity contribution in [2.75, 3.05) is 50.8 Å². The van der Waals surface area contributed by atoms with Crippen molar-refractivity contribution < 1.29 is 0 Å². The number of thioether (sulfide) groups is 1. The zero-order valence-electron chi connectivity index (χ0n) is 11.2. The molecule has 0 aliphatic carbocycles. The predicted octanol–water partition coefficient (Wildman–Crippen LogP) is 1.24. The van der Waals surface area contributed by atoms with Gasteiger partial charge < -0.3 is 10.6 Å². The van der Waals surface area contributed by atoms with Crippen molar-refractivity contribution in [3.05, 3.63) is 0 Å². The van der Waals surface area contributed by atoms with E-state index in [0.29, 0.717) is 5.54 Å². The number of nitrogens with two attached hydrogens (primary N) is 1. The quantitative estimate of drug-likeness (QED) is 0.824. The molecule has 0 aromatic rings. The van der Waals surface area contributed by atoms with Gasteiger partial charge in [0.05, 0.1) is 0 Å². The average molecular weight is 257 g/mol. The van der Waals surface area contributed by atoms with Crippen molar-refractivity contribution in [1.29, 1.82) is 0 Å². The van der Waals surface area contributed by atoms with Crippen LogP contribution in [-0.2, 0) is 0 Å². The van der Waals surface area contributed by atoms with Crippen LogP contribution >= 0.6 is 11.8 Å². The summed E-state index contributed by atoms with van der Waals surface area (Å²) in [6, 6.07) is 0. The Morgan fingerprint density at radius 1 is 1.12 bits per heavy atom. The Kier molecular flexibility index (Phi) is 5.15. The molecule has 0 bridgehead atoms. The highest BCUT2D eigenvalue weighted by Gasteiger charge is 2.38. The second-order valence-electron chi connectivity index (χ2n) is 5.32. The minimum absolute atomic E-state index is 0.316. The minimum atomic E-state index is 0.316. The maximum Gasteiger partial charge on any atom is 0.0356 e. The zero-order valence-corrected chi connectivity index (χ0v) is 12.0. The van der Waals surface area contributed by atoms with E-state index in [1.807, 2.05) is 0 Å². The van der Waals surface area contributed by atoms with Crippen LogP contribution in [0.3, 0.4) is 0 Å². The average Bonchev–Trinajstić information content (AvgIpc) is 2.68. The minimum Gasteiger partial charge on any atom is -0.329 e.